The molecule has 162 valence electrons. The average molecular weight is 424 g/mol. The Labute approximate surface area is 179 Å². The molecule has 4 amide bonds. The summed E-state index contributed by atoms with van der Waals surface area (Å²) in [5.41, 5.74) is 2.17. The zero-order valence-electron chi connectivity index (χ0n) is 17.4. The Balaban J connectivity index is 1.47. The number of nitro groups is 1. The van der Waals surface area contributed by atoms with Gasteiger partial charge in [-0.3, -0.25) is 24.6 Å². The first-order valence-corrected chi connectivity index (χ1v) is 10.1. The van der Waals surface area contributed by atoms with Crippen LogP contribution in [0.15, 0.2) is 42.5 Å². The molecule has 3 rings (SSSR count). The van der Waals surface area contributed by atoms with Crippen molar-refractivity contribution in [3.63, 3.8) is 0 Å². The van der Waals surface area contributed by atoms with Crippen LogP contribution in [0.3, 0.4) is 0 Å². The third kappa shape index (κ3) is 4.88. The highest BCUT2D eigenvalue weighted by atomic mass is 16.6. The monoisotopic (exact) mass is 424 g/mol. The van der Waals surface area contributed by atoms with Gasteiger partial charge in [-0.25, -0.2) is 4.79 Å². The van der Waals surface area contributed by atoms with Crippen molar-refractivity contribution < 1.29 is 19.3 Å². The minimum Gasteiger partial charge on any atom is -0.338 e. The summed E-state index contributed by atoms with van der Waals surface area (Å²) in [6.07, 6.45) is 1.31. The number of carbonyl (C=O) groups excluding carboxylic acids is 3. The summed E-state index contributed by atoms with van der Waals surface area (Å²) in [4.78, 5) is 48.3. The van der Waals surface area contributed by atoms with E-state index in [9.17, 15) is 24.5 Å². The number of nitrogens with one attached hydrogen (secondary N) is 2. The van der Waals surface area contributed by atoms with Crippen LogP contribution in [-0.2, 0) is 6.42 Å². The lowest BCUT2D eigenvalue weighted by molar-refractivity contribution is -0.384. The third-order valence-corrected chi connectivity index (χ3v) is 5.24. The Morgan fingerprint density at radius 3 is 2.42 bits per heavy atom. The minimum atomic E-state index is -0.609. The number of nitro benzene ring substituents is 1. The van der Waals surface area contributed by atoms with Crippen molar-refractivity contribution in [3.8, 4) is 0 Å². The number of amides is 4. The fourth-order valence-corrected chi connectivity index (χ4v) is 3.41. The predicted octanol–water partition coefficient (Wildman–Crippen LogP) is 3.20. The van der Waals surface area contributed by atoms with Crippen LogP contribution in [0, 0.1) is 10.1 Å². The van der Waals surface area contributed by atoms with Gasteiger partial charge in [0.05, 0.1) is 22.1 Å². The van der Waals surface area contributed by atoms with Crippen LogP contribution in [-0.4, -0.2) is 40.8 Å². The van der Waals surface area contributed by atoms with Crippen LogP contribution >= 0.6 is 0 Å². The summed E-state index contributed by atoms with van der Waals surface area (Å²) >= 11 is 0. The maximum absolute atomic E-state index is 12.4. The Bertz CT molecular complexity index is 1020. The number of imide groups is 1. The lowest BCUT2D eigenvalue weighted by Gasteiger charge is -2.17. The molecule has 0 bridgehead atoms. The molecule has 2 aromatic carbocycles. The van der Waals surface area contributed by atoms with Gasteiger partial charge in [-0.15, -0.1) is 0 Å². The van der Waals surface area contributed by atoms with Crippen LogP contribution in [0.5, 0.6) is 0 Å². The van der Waals surface area contributed by atoms with Gasteiger partial charge in [0, 0.05) is 25.2 Å². The Kier molecular flexibility index (Phi) is 6.64. The molecule has 0 aliphatic carbocycles. The Hall–Kier alpha value is -3.75. The molecule has 1 aliphatic rings. The second-order valence-corrected chi connectivity index (χ2v) is 7.32. The molecule has 1 unspecified atom stereocenters. The van der Waals surface area contributed by atoms with E-state index < -0.39 is 16.7 Å². The molecule has 0 saturated carbocycles. The maximum Gasteiger partial charge on any atom is 0.315 e. The van der Waals surface area contributed by atoms with Crippen molar-refractivity contribution in [2.75, 3.05) is 13.1 Å². The number of benzene rings is 2. The van der Waals surface area contributed by atoms with Crippen LogP contribution in [0.1, 0.15) is 58.2 Å². The highest BCUT2D eigenvalue weighted by Crippen LogP contribution is 2.26. The molecular weight excluding hydrogens is 400 g/mol. The average Bonchev–Trinajstić information content (AvgIpc) is 3.00. The summed E-state index contributed by atoms with van der Waals surface area (Å²) < 4.78 is 0. The Morgan fingerprint density at radius 2 is 1.77 bits per heavy atom. The van der Waals surface area contributed by atoms with E-state index in [1.165, 1.54) is 17.7 Å². The number of fused-ring (bicyclic) bond motifs is 1. The summed E-state index contributed by atoms with van der Waals surface area (Å²) in [5.74, 6) is -1.04. The molecule has 0 radical (unpaired) electrons. The fraction of sp³-hybridized carbons (Fsp3) is 0.318. The smallest absolute Gasteiger partial charge is 0.315 e. The SMILES string of the molecule is CCc1ccc(C(C)NC(=O)NCCCN2C(=O)c3ccc([N+](=O)[O-])cc3C2=O)cc1. The Morgan fingerprint density at radius 1 is 1.10 bits per heavy atom. The van der Waals surface area contributed by atoms with Crippen LogP contribution in [0.25, 0.3) is 0 Å². The zero-order valence-corrected chi connectivity index (χ0v) is 17.4. The molecule has 1 aliphatic heterocycles. The van der Waals surface area contributed by atoms with E-state index in [-0.39, 0.29) is 42.0 Å². The molecule has 0 saturated heterocycles. The summed E-state index contributed by atoms with van der Waals surface area (Å²) in [5, 5.41) is 16.5. The van der Waals surface area contributed by atoms with Gasteiger partial charge in [-0.05, 0) is 37.0 Å². The lowest BCUT2D eigenvalue weighted by atomic mass is 10.1. The quantitative estimate of drug-likeness (QED) is 0.292. The van der Waals surface area contributed by atoms with Gasteiger partial charge in [0.15, 0.2) is 0 Å². The number of hydrogen-bond donors (Lipinski definition) is 2. The molecule has 9 heteroatoms. The van der Waals surface area contributed by atoms with Gasteiger partial charge in [0.2, 0.25) is 0 Å². The van der Waals surface area contributed by atoms with Crippen molar-refractivity contribution in [1.82, 2.24) is 15.5 Å². The van der Waals surface area contributed by atoms with Crippen LogP contribution in [0.2, 0.25) is 0 Å². The van der Waals surface area contributed by atoms with Crippen molar-refractivity contribution in [1.29, 1.82) is 0 Å². The summed E-state index contributed by atoms with van der Waals surface area (Å²) in [6.45, 7) is 4.34. The number of non-ortho nitro benzene ring substituents is 1. The third-order valence-electron chi connectivity index (χ3n) is 5.24. The van der Waals surface area contributed by atoms with Crippen molar-refractivity contribution >= 4 is 23.5 Å². The molecule has 1 heterocycles. The highest BCUT2D eigenvalue weighted by Gasteiger charge is 2.36. The first kappa shape index (κ1) is 21.9. The minimum absolute atomic E-state index is 0.0350. The van der Waals surface area contributed by atoms with E-state index in [1.54, 1.807) is 0 Å². The van der Waals surface area contributed by atoms with E-state index in [0.29, 0.717) is 6.42 Å². The van der Waals surface area contributed by atoms with E-state index in [4.69, 9.17) is 0 Å². The van der Waals surface area contributed by atoms with Crippen molar-refractivity contribution in [3.05, 3.63) is 74.8 Å². The van der Waals surface area contributed by atoms with Crippen LogP contribution < -0.4 is 10.6 Å². The van der Waals surface area contributed by atoms with Gasteiger partial charge in [0.1, 0.15) is 0 Å². The molecular formula is C22H24N4O5. The standard InChI is InChI=1S/C22H24N4O5/c1-3-15-5-7-16(8-6-15)14(2)24-22(29)23-11-4-12-25-20(27)18-10-9-17(26(30)31)13-19(18)21(25)28/h5-10,13-14H,3-4,11-12H2,1-2H3,(H2,23,24,29). The first-order chi connectivity index (χ1) is 14.8. The number of aryl methyl sites for hydroxylation is 1. The topological polar surface area (TPSA) is 122 Å². The fourth-order valence-electron chi connectivity index (χ4n) is 3.41. The molecule has 0 spiro atoms. The predicted molar refractivity (Wildman–Crippen MR) is 114 cm³/mol. The summed E-state index contributed by atoms with van der Waals surface area (Å²) in [7, 11) is 0. The van der Waals surface area contributed by atoms with Gasteiger partial charge in [0.25, 0.3) is 17.5 Å². The highest BCUT2D eigenvalue weighted by molar-refractivity contribution is 6.21. The normalized spacial score (nSPS) is 13.7. The maximum atomic E-state index is 12.4. The lowest BCUT2D eigenvalue weighted by Crippen LogP contribution is -2.39. The van der Waals surface area contributed by atoms with Gasteiger partial charge in [-0.2, -0.15) is 0 Å². The van der Waals surface area contributed by atoms with Crippen LogP contribution in [0.4, 0.5) is 10.5 Å². The van der Waals surface area contributed by atoms with Crippen molar-refractivity contribution in [2.24, 2.45) is 0 Å². The molecule has 0 aromatic heterocycles. The summed E-state index contributed by atoms with van der Waals surface area (Å²) in [6, 6.07) is 11.1. The van der Waals surface area contributed by atoms with E-state index in [1.807, 2.05) is 31.2 Å². The molecule has 2 N–H and O–H groups in total. The van der Waals surface area contributed by atoms with Crippen molar-refractivity contribution in [2.45, 2.75) is 32.7 Å². The largest absolute Gasteiger partial charge is 0.338 e. The first-order valence-electron chi connectivity index (χ1n) is 10.1. The number of hydrogen-bond acceptors (Lipinski definition) is 5. The molecule has 31 heavy (non-hydrogen) atoms. The van der Waals surface area contributed by atoms with Gasteiger partial charge in [-0.1, -0.05) is 31.2 Å². The number of rotatable bonds is 8. The van der Waals surface area contributed by atoms with E-state index >= 15 is 0 Å². The molecule has 1 atom stereocenters. The second-order valence-electron chi connectivity index (χ2n) is 7.32. The van der Waals surface area contributed by atoms with Gasteiger partial charge < -0.3 is 10.6 Å². The number of nitrogens with zero attached hydrogens (tertiary/aromatic N) is 2. The molecule has 9 nitrogen and oxygen atoms in total. The molecule has 0 fully saturated rings. The zero-order chi connectivity index (χ0) is 22.5. The van der Waals surface area contributed by atoms with Gasteiger partial charge >= 0.3 is 6.03 Å². The van der Waals surface area contributed by atoms with E-state index in [2.05, 4.69) is 17.6 Å². The number of carbonyl (C=O) groups is 3. The molecule has 2 aromatic rings. The number of urea groups is 1. The van der Waals surface area contributed by atoms with E-state index in [0.717, 1.165) is 23.0 Å². The second kappa shape index (κ2) is 9.38.